The number of ether oxygens (including phenoxy) is 1. The van der Waals surface area contributed by atoms with Crippen LogP contribution in [0.5, 0.6) is 0 Å². The molecule has 2 N–H and O–H groups in total. The molecule has 0 saturated carbocycles. The zero-order valence-corrected chi connectivity index (χ0v) is 11.8. The predicted molar refractivity (Wildman–Crippen MR) is 80.4 cm³/mol. The fourth-order valence-electron chi connectivity index (χ4n) is 2.26. The molecule has 4 heteroatoms. The molecule has 0 unspecified atom stereocenters. The Labute approximate surface area is 124 Å². The van der Waals surface area contributed by atoms with Gasteiger partial charge in [0.25, 0.3) is 0 Å². The van der Waals surface area contributed by atoms with Gasteiger partial charge in [0.05, 0.1) is 12.2 Å². The Morgan fingerprint density at radius 1 is 1.29 bits per heavy atom. The maximum absolute atomic E-state index is 11.1. The molecule has 21 heavy (non-hydrogen) atoms. The van der Waals surface area contributed by atoms with E-state index in [0.717, 1.165) is 5.56 Å². The van der Waals surface area contributed by atoms with Gasteiger partial charge in [-0.2, -0.15) is 0 Å². The van der Waals surface area contributed by atoms with Gasteiger partial charge in [0, 0.05) is 25.3 Å². The minimum Gasteiger partial charge on any atom is -0.459 e. The molecule has 0 aromatic heterocycles. The quantitative estimate of drug-likeness (QED) is 0.786. The minimum atomic E-state index is -0.727. The largest absolute Gasteiger partial charge is 0.459 e. The van der Waals surface area contributed by atoms with Crippen molar-refractivity contribution in [1.29, 1.82) is 0 Å². The Balaban J connectivity index is 1.77. The number of benzene rings is 1. The lowest BCUT2D eigenvalue weighted by atomic mass is 10.0. The highest BCUT2D eigenvalue weighted by Crippen LogP contribution is 2.16. The van der Waals surface area contributed by atoms with Gasteiger partial charge in [-0.25, -0.2) is 4.79 Å². The summed E-state index contributed by atoms with van der Waals surface area (Å²) in [5.41, 5.74) is 0.998. The molecule has 0 aliphatic carbocycles. The number of hydrogen-bond acceptors (Lipinski definition) is 4. The van der Waals surface area contributed by atoms with Crippen LogP contribution >= 0.6 is 0 Å². The molecule has 0 radical (unpaired) electrons. The summed E-state index contributed by atoms with van der Waals surface area (Å²) in [6.07, 6.45) is 6.05. The standard InChI is InChI=1S/C17H20O4/c18-14(10-9-13-5-2-1-3-6-13)11-15(19)12-16-7-4-8-17(20)21-16/h1-6,8-10,14-16,18-19H,7,11-12H2/b10-9+/t14-,15+,16-/m0/s1. The van der Waals surface area contributed by atoms with Gasteiger partial charge in [0.15, 0.2) is 0 Å². The highest BCUT2D eigenvalue weighted by Gasteiger charge is 2.20. The molecule has 0 spiro atoms. The predicted octanol–water partition coefficient (Wildman–Crippen LogP) is 2.07. The van der Waals surface area contributed by atoms with Crippen molar-refractivity contribution < 1.29 is 19.7 Å². The minimum absolute atomic E-state index is 0.223. The lowest BCUT2D eigenvalue weighted by molar-refractivity contribution is -0.145. The molecular weight excluding hydrogens is 268 g/mol. The molecule has 4 nitrogen and oxygen atoms in total. The highest BCUT2D eigenvalue weighted by molar-refractivity contribution is 5.82. The Kier molecular flexibility index (Phi) is 5.72. The van der Waals surface area contributed by atoms with Crippen molar-refractivity contribution in [2.75, 3.05) is 0 Å². The highest BCUT2D eigenvalue weighted by atomic mass is 16.5. The third kappa shape index (κ3) is 5.53. The van der Waals surface area contributed by atoms with Crippen molar-refractivity contribution in [3.8, 4) is 0 Å². The van der Waals surface area contributed by atoms with Gasteiger partial charge in [-0.15, -0.1) is 0 Å². The number of esters is 1. The first-order valence-corrected chi connectivity index (χ1v) is 7.10. The number of carbonyl (C=O) groups is 1. The SMILES string of the molecule is O=C1C=CC[C@@H](C[C@H](O)C[C@@H](O)/C=C/c2ccccc2)O1. The van der Waals surface area contributed by atoms with Crippen LogP contribution in [0.3, 0.4) is 0 Å². The van der Waals surface area contributed by atoms with E-state index in [4.69, 9.17) is 4.74 Å². The molecule has 0 saturated heterocycles. The maximum Gasteiger partial charge on any atom is 0.330 e. The Bertz CT molecular complexity index is 507. The second-order valence-corrected chi connectivity index (χ2v) is 5.16. The number of hydrogen-bond donors (Lipinski definition) is 2. The van der Waals surface area contributed by atoms with Crippen LogP contribution < -0.4 is 0 Å². The van der Waals surface area contributed by atoms with E-state index in [1.807, 2.05) is 36.4 Å². The summed E-state index contributed by atoms with van der Waals surface area (Å²) in [4.78, 5) is 11.1. The van der Waals surface area contributed by atoms with E-state index >= 15 is 0 Å². The van der Waals surface area contributed by atoms with Crippen molar-refractivity contribution in [3.05, 3.63) is 54.1 Å². The summed E-state index contributed by atoms with van der Waals surface area (Å²) >= 11 is 0. The van der Waals surface area contributed by atoms with Crippen LogP contribution in [0.1, 0.15) is 24.8 Å². The first-order valence-electron chi connectivity index (χ1n) is 7.10. The number of cyclic esters (lactones) is 1. The van der Waals surface area contributed by atoms with Crippen LogP contribution in [-0.4, -0.2) is 34.5 Å². The topological polar surface area (TPSA) is 66.8 Å². The third-order valence-electron chi connectivity index (χ3n) is 3.29. The summed E-state index contributed by atoms with van der Waals surface area (Å²) in [6, 6.07) is 9.65. The van der Waals surface area contributed by atoms with Crippen LogP contribution in [-0.2, 0) is 9.53 Å². The van der Waals surface area contributed by atoms with Crippen LogP contribution in [0, 0.1) is 0 Å². The molecule has 1 aromatic rings. The lowest BCUT2D eigenvalue weighted by Gasteiger charge is -2.22. The Morgan fingerprint density at radius 3 is 2.76 bits per heavy atom. The molecular formula is C17H20O4. The van der Waals surface area contributed by atoms with E-state index in [0.29, 0.717) is 12.8 Å². The van der Waals surface area contributed by atoms with Crippen LogP contribution in [0.2, 0.25) is 0 Å². The smallest absolute Gasteiger partial charge is 0.330 e. The molecule has 2 rings (SSSR count). The fourth-order valence-corrected chi connectivity index (χ4v) is 2.26. The Hall–Kier alpha value is -1.91. The van der Waals surface area contributed by atoms with Gasteiger partial charge in [-0.05, 0) is 5.56 Å². The first kappa shape index (κ1) is 15.5. The van der Waals surface area contributed by atoms with E-state index in [-0.39, 0.29) is 18.5 Å². The second-order valence-electron chi connectivity index (χ2n) is 5.16. The Morgan fingerprint density at radius 2 is 2.05 bits per heavy atom. The average Bonchev–Trinajstić information content (AvgIpc) is 2.46. The van der Waals surface area contributed by atoms with E-state index in [1.165, 1.54) is 6.08 Å². The van der Waals surface area contributed by atoms with E-state index in [2.05, 4.69) is 0 Å². The molecule has 0 amide bonds. The molecule has 1 aliphatic rings. The maximum atomic E-state index is 11.1. The normalized spacial score (nSPS) is 21.2. The summed E-state index contributed by atoms with van der Waals surface area (Å²) in [7, 11) is 0. The van der Waals surface area contributed by atoms with Crippen LogP contribution in [0.4, 0.5) is 0 Å². The van der Waals surface area contributed by atoms with E-state index in [9.17, 15) is 15.0 Å². The molecule has 1 aliphatic heterocycles. The molecule has 3 atom stereocenters. The number of aliphatic hydroxyl groups is 2. The van der Waals surface area contributed by atoms with Gasteiger partial charge >= 0.3 is 5.97 Å². The van der Waals surface area contributed by atoms with Crippen molar-refractivity contribution >= 4 is 12.0 Å². The zero-order valence-electron chi connectivity index (χ0n) is 11.8. The van der Waals surface area contributed by atoms with Crippen molar-refractivity contribution in [2.45, 2.75) is 37.6 Å². The van der Waals surface area contributed by atoms with Crippen molar-refractivity contribution in [2.24, 2.45) is 0 Å². The van der Waals surface area contributed by atoms with Gasteiger partial charge in [-0.3, -0.25) is 0 Å². The van der Waals surface area contributed by atoms with Gasteiger partial charge < -0.3 is 14.9 Å². The average molecular weight is 288 g/mol. The lowest BCUT2D eigenvalue weighted by Crippen LogP contribution is -2.27. The fraction of sp³-hybridized carbons (Fsp3) is 0.353. The number of aliphatic hydroxyl groups excluding tert-OH is 2. The van der Waals surface area contributed by atoms with Crippen molar-refractivity contribution in [3.63, 3.8) is 0 Å². The molecule has 0 bridgehead atoms. The summed E-state index contributed by atoms with van der Waals surface area (Å²) < 4.78 is 5.08. The molecule has 112 valence electrons. The first-order chi connectivity index (χ1) is 10.1. The van der Waals surface area contributed by atoms with E-state index in [1.54, 1.807) is 12.2 Å². The molecule has 1 aromatic carbocycles. The van der Waals surface area contributed by atoms with E-state index < -0.39 is 12.2 Å². The van der Waals surface area contributed by atoms with Gasteiger partial charge in [-0.1, -0.05) is 48.6 Å². The third-order valence-corrected chi connectivity index (χ3v) is 3.29. The second kappa shape index (κ2) is 7.76. The summed E-state index contributed by atoms with van der Waals surface area (Å²) in [5.74, 6) is -0.372. The van der Waals surface area contributed by atoms with Crippen molar-refractivity contribution in [1.82, 2.24) is 0 Å². The summed E-state index contributed by atoms with van der Waals surface area (Å²) in [6.45, 7) is 0. The monoisotopic (exact) mass is 288 g/mol. The number of carbonyl (C=O) groups excluding carboxylic acids is 1. The molecule has 1 heterocycles. The zero-order chi connectivity index (χ0) is 15.1. The van der Waals surface area contributed by atoms with Gasteiger partial charge in [0.2, 0.25) is 0 Å². The summed E-state index contributed by atoms with van der Waals surface area (Å²) in [5, 5.41) is 19.8. The number of rotatable bonds is 6. The van der Waals surface area contributed by atoms with Crippen LogP contribution in [0.25, 0.3) is 6.08 Å². The van der Waals surface area contributed by atoms with Gasteiger partial charge in [0.1, 0.15) is 6.10 Å². The molecule has 0 fully saturated rings. The van der Waals surface area contributed by atoms with Crippen LogP contribution in [0.15, 0.2) is 48.6 Å².